The number of morpholine rings is 1. The number of rotatable bonds is 14. The summed E-state index contributed by atoms with van der Waals surface area (Å²) in [6.45, 7) is 4.67. The number of pyridine rings is 1. The molecule has 1 saturated heterocycles. The summed E-state index contributed by atoms with van der Waals surface area (Å²) in [6, 6.07) is 11.5. The zero-order valence-electron chi connectivity index (χ0n) is 25.5. The van der Waals surface area contributed by atoms with Crippen molar-refractivity contribution in [1.82, 2.24) is 19.9 Å². The lowest BCUT2D eigenvalue weighted by molar-refractivity contribution is -0.133. The van der Waals surface area contributed by atoms with Crippen molar-refractivity contribution in [3.63, 3.8) is 0 Å². The highest BCUT2D eigenvalue weighted by atomic mass is 19.1. The van der Waals surface area contributed by atoms with E-state index in [4.69, 9.17) is 18.9 Å². The maximum absolute atomic E-state index is 15.2. The third kappa shape index (κ3) is 7.13. The van der Waals surface area contributed by atoms with E-state index in [2.05, 4.69) is 19.9 Å². The topological polar surface area (TPSA) is 113 Å². The van der Waals surface area contributed by atoms with Gasteiger partial charge < -0.3 is 18.9 Å². The molecule has 2 aromatic heterocycles. The Morgan fingerprint density at radius 2 is 1.72 bits per heavy atom. The van der Waals surface area contributed by atoms with Crippen LogP contribution in [0.25, 0.3) is 11.0 Å². The molecule has 0 amide bonds. The predicted octanol–water partition coefficient (Wildman–Crippen LogP) is 4.91. The summed E-state index contributed by atoms with van der Waals surface area (Å²) in [6.07, 6.45) is 2.77. The Kier molecular flexibility index (Phi) is 9.46. The summed E-state index contributed by atoms with van der Waals surface area (Å²) >= 11 is 0. The summed E-state index contributed by atoms with van der Waals surface area (Å²) in [7, 11) is 1.48. The van der Waals surface area contributed by atoms with E-state index >= 15 is 4.39 Å². The van der Waals surface area contributed by atoms with Crippen LogP contribution in [0, 0.1) is 17.0 Å². The second kappa shape index (κ2) is 13.8. The van der Waals surface area contributed by atoms with Gasteiger partial charge in [-0.15, -0.1) is 0 Å². The molecule has 0 radical (unpaired) electrons. The van der Waals surface area contributed by atoms with Crippen LogP contribution < -0.4 is 14.2 Å². The molecule has 240 valence electrons. The normalized spacial score (nSPS) is 15.8. The van der Waals surface area contributed by atoms with E-state index in [0.29, 0.717) is 41.8 Å². The number of hydrogen-bond acceptors (Lipinski definition) is 10. The van der Waals surface area contributed by atoms with E-state index in [-0.39, 0.29) is 47.5 Å². The largest absolute Gasteiger partial charge is 0.488 e. The number of nitrogens with zero attached hydrogens (tertiary/aromatic N) is 4. The van der Waals surface area contributed by atoms with E-state index in [9.17, 15) is 14.0 Å². The number of aromatic nitrogens is 3. The smallest absolute Gasteiger partial charge is 0.257 e. The molecule has 1 aliphatic carbocycles. The van der Waals surface area contributed by atoms with Gasteiger partial charge in [0.2, 0.25) is 5.88 Å². The van der Waals surface area contributed by atoms with Crippen molar-refractivity contribution in [3.05, 3.63) is 77.6 Å². The minimum atomic E-state index is -1.12. The molecular weight excluding hydrogens is 598 g/mol. The number of benzene rings is 2. The zero-order valence-corrected chi connectivity index (χ0v) is 25.5. The second-order valence-corrected chi connectivity index (χ2v) is 11.5. The number of carbonyl (C=O) groups excluding carboxylic acids is 2. The van der Waals surface area contributed by atoms with Crippen molar-refractivity contribution in [2.24, 2.45) is 5.41 Å². The molecule has 0 spiro atoms. The maximum atomic E-state index is 15.2. The van der Waals surface area contributed by atoms with Gasteiger partial charge in [0.1, 0.15) is 29.2 Å². The number of Topliss-reactive ketones (excluding diaryl/α,β-unsaturated/α-hetero) is 2. The molecule has 0 atom stereocenters. The van der Waals surface area contributed by atoms with Crippen molar-refractivity contribution >= 4 is 22.6 Å². The van der Waals surface area contributed by atoms with E-state index in [1.165, 1.54) is 55.9 Å². The molecule has 2 aromatic carbocycles. The van der Waals surface area contributed by atoms with Crippen molar-refractivity contribution in [2.75, 3.05) is 46.6 Å². The molecule has 2 fully saturated rings. The van der Waals surface area contributed by atoms with Crippen molar-refractivity contribution < 1.29 is 37.3 Å². The van der Waals surface area contributed by atoms with Gasteiger partial charge in [0.15, 0.2) is 22.8 Å². The molecule has 1 aliphatic heterocycles. The number of fused-ring (bicyclic) bond motifs is 1. The van der Waals surface area contributed by atoms with Crippen LogP contribution in [0.1, 0.15) is 30.4 Å². The first kappa shape index (κ1) is 31.4. The van der Waals surface area contributed by atoms with Crippen LogP contribution in [0.15, 0.2) is 54.9 Å². The molecule has 2 aliphatic rings. The number of hydrogen-bond donors (Lipinski definition) is 0. The molecule has 0 bridgehead atoms. The monoisotopic (exact) mass is 632 g/mol. The molecule has 4 aromatic rings. The Morgan fingerprint density at radius 3 is 2.43 bits per heavy atom. The number of ether oxygens (including phenoxy) is 4. The van der Waals surface area contributed by atoms with Gasteiger partial charge in [0.25, 0.3) is 5.88 Å². The minimum Gasteiger partial charge on any atom is -0.488 e. The summed E-state index contributed by atoms with van der Waals surface area (Å²) in [5.41, 5.74) is 0.421. The minimum absolute atomic E-state index is 0.0234. The second-order valence-electron chi connectivity index (χ2n) is 11.5. The highest BCUT2D eigenvalue weighted by molar-refractivity contribution is 6.11. The summed E-state index contributed by atoms with van der Waals surface area (Å²) in [5.74, 6) is -0.698. The molecule has 6 rings (SSSR count). The molecular formula is C34H34F2N4O6. The molecule has 0 N–H and O–H groups in total. The van der Waals surface area contributed by atoms with Crippen LogP contribution in [0.4, 0.5) is 8.78 Å². The molecule has 0 unspecified atom stereocenters. The Balaban J connectivity index is 1.10. The standard InChI is InChI=1S/C34H34F2N4O6/c1-43-32-28(45-14-2-11-40-12-15-44-16-13-40)20-27-31(39-32)33(38-21-37-27)46-25-8-5-23(26(36)19-25)18-30(42)34(9-10-34)29(41)17-22-3-6-24(35)7-4-22/h3-8,19-21H,2,9-18H2,1H3. The van der Waals surface area contributed by atoms with Gasteiger partial charge in [-0.25, -0.2) is 18.7 Å². The number of carbonyl (C=O) groups is 2. The van der Waals surface area contributed by atoms with Gasteiger partial charge in [0, 0.05) is 44.6 Å². The van der Waals surface area contributed by atoms with Crippen LogP contribution in [0.3, 0.4) is 0 Å². The van der Waals surface area contributed by atoms with Gasteiger partial charge in [-0.2, -0.15) is 4.98 Å². The van der Waals surface area contributed by atoms with Gasteiger partial charge in [-0.05, 0) is 48.6 Å². The van der Waals surface area contributed by atoms with E-state index in [1.54, 1.807) is 6.07 Å². The first-order valence-electron chi connectivity index (χ1n) is 15.2. The first-order valence-corrected chi connectivity index (χ1v) is 15.2. The van der Waals surface area contributed by atoms with E-state index in [1.807, 2.05) is 0 Å². The summed E-state index contributed by atoms with van der Waals surface area (Å²) in [5, 5.41) is 0. The van der Waals surface area contributed by atoms with Crippen LogP contribution >= 0.6 is 0 Å². The Labute approximate surface area is 264 Å². The lowest BCUT2D eigenvalue weighted by Gasteiger charge is -2.26. The van der Waals surface area contributed by atoms with Crippen LogP contribution in [-0.4, -0.2) is 78.0 Å². The Hall–Kier alpha value is -4.55. The van der Waals surface area contributed by atoms with Gasteiger partial charge in [-0.1, -0.05) is 18.2 Å². The lowest BCUT2D eigenvalue weighted by atomic mass is 9.88. The summed E-state index contributed by atoms with van der Waals surface area (Å²) < 4.78 is 51.2. The number of ketones is 2. The van der Waals surface area contributed by atoms with E-state index in [0.717, 1.165) is 39.3 Å². The highest BCUT2D eigenvalue weighted by Crippen LogP contribution is 2.49. The zero-order chi connectivity index (χ0) is 32.1. The number of halogens is 2. The summed E-state index contributed by atoms with van der Waals surface area (Å²) in [4.78, 5) is 41.5. The Bertz CT molecular complexity index is 1730. The van der Waals surface area contributed by atoms with Crippen molar-refractivity contribution in [1.29, 1.82) is 0 Å². The average Bonchev–Trinajstić information content (AvgIpc) is 3.88. The van der Waals surface area contributed by atoms with Crippen LogP contribution in [0.5, 0.6) is 23.3 Å². The lowest BCUT2D eigenvalue weighted by Crippen LogP contribution is -2.37. The highest BCUT2D eigenvalue weighted by Gasteiger charge is 2.54. The van der Waals surface area contributed by atoms with Gasteiger partial charge >= 0.3 is 0 Å². The van der Waals surface area contributed by atoms with E-state index < -0.39 is 17.0 Å². The third-order valence-electron chi connectivity index (χ3n) is 8.37. The van der Waals surface area contributed by atoms with Crippen molar-refractivity contribution in [2.45, 2.75) is 32.1 Å². The van der Waals surface area contributed by atoms with Gasteiger partial charge in [-0.3, -0.25) is 14.5 Å². The maximum Gasteiger partial charge on any atom is 0.257 e. The fourth-order valence-electron chi connectivity index (χ4n) is 5.53. The Morgan fingerprint density at radius 1 is 0.957 bits per heavy atom. The fraction of sp³-hybridized carbons (Fsp3) is 0.382. The SMILES string of the molecule is COc1nc2c(Oc3ccc(CC(=O)C4(C(=O)Cc5ccc(F)cc5)CC4)c(F)c3)ncnc2cc1OCCCN1CCOCC1. The van der Waals surface area contributed by atoms with Crippen LogP contribution in [0.2, 0.25) is 0 Å². The molecule has 46 heavy (non-hydrogen) atoms. The molecule has 10 nitrogen and oxygen atoms in total. The molecule has 3 heterocycles. The molecule has 1 saturated carbocycles. The third-order valence-corrected chi connectivity index (χ3v) is 8.37. The quantitative estimate of drug-likeness (QED) is 0.140. The fourth-order valence-corrected chi connectivity index (χ4v) is 5.53. The first-order chi connectivity index (χ1) is 22.3. The average molecular weight is 633 g/mol. The molecule has 12 heteroatoms. The van der Waals surface area contributed by atoms with Crippen LogP contribution in [-0.2, 0) is 27.2 Å². The van der Waals surface area contributed by atoms with Crippen molar-refractivity contribution in [3.8, 4) is 23.3 Å². The predicted molar refractivity (Wildman–Crippen MR) is 163 cm³/mol. The van der Waals surface area contributed by atoms with Gasteiger partial charge in [0.05, 0.1) is 32.3 Å². The number of methoxy groups -OCH3 is 1.